The van der Waals surface area contributed by atoms with Crippen molar-refractivity contribution in [2.45, 2.75) is 64.1 Å². The van der Waals surface area contributed by atoms with Crippen LogP contribution in [0, 0.1) is 0 Å². The topological polar surface area (TPSA) is 61.5 Å². The summed E-state index contributed by atoms with van der Waals surface area (Å²) < 4.78 is 6.18. The molecule has 1 saturated carbocycles. The Morgan fingerprint density at radius 2 is 1.86 bits per heavy atom. The number of H-pyrrole nitrogens is 1. The molecule has 1 saturated heterocycles. The number of amides is 1. The minimum atomic E-state index is 0.117. The Morgan fingerprint density at radius 1 is 1.10 bits per heavy atom. The summed E-state index contributed by atoms with van der Waals surface area (Å²) in [6.07, 6.45) is 7.56. The molecule has 1 amide bonds. The molecule has 3 heterocycles. The molecule has 0 unspecified atom stereocenters. The predicted molar refractivity (Wildman–Crippen MR) is 112 cm³/mol. The molecule has 1 aliphatic carbocycles. The van der Waals surface area contributed by atoms with Crippen LogP contribution < -0.4 is 4.74 Å². The highest BCUT2D eigenvalue weighted by atomic mass is 16.5. The Labute approximate surface area is 172 Å². The summed E-state index contributed by atoms with van der Waals surface area (Å²) in [4.78, 5) is 24.3. The maximum absolute atomic E-state index is 11.6. The number of carbonyl (C=O) groups excluding carboxylic acids is 1. The van der Waals surface area contributed by atoms with Crippen molar-refractivity contribution in [2.75, 3.05) is 19.6 Å². The van der Waals surface area contributed by atoms with Gasteiger partial charge in [0.25, 0.3) is 0 Å². The molecule has 1 aromatic heterocycles. The number of rotatable bonds is 4. The number of piperidine rings is 1. The number of ether oxygens (including phenoxy) is 1. The molecule has 3 aliphatic rings. The van der Waals surface area contributed by atoms with E-state index in [-0.39, 0.29) is 5.91 Å². The van der Waals surface area contributed by atoms with E-state index >= 15 is 0 Å². The molecule has 1 aromatic carbocycles. The second-order valence-electron chi connectivity index (χ2n) is 8.69. The molecule has 29 heavy (non-hydrogen) atoms. The second-order valence-corrected chi connectivity index (χ2v) is 8.69. The standard InChI is InChI=1S/C23H30N4O2/c1-16(28)27-12-9-21-22(15-27)25-23(24-21)17-5-7-19(8-6-17)29-20-13-18(14-20)26-10-3-2-4-11-26/h5-8,18,20H,2-4,9-15H2,1H3,(H,24,25)/t18-,20-. The Balaban J connectivity index is 1.18. The van der Waals surface area contributed by atoms with E-state index in [0.29, 0.717) is 12.6 Å². The lowest BCUT2D eigenvalue weighted by Crippen LogP contribution is -2.50. The van der Waals surface area contributed by atoms with Gasteiger partial charge in [0, 0.05) is 44.3 Å². The van der Waals surface area contributed by atoms with Gasteiger partial charge in [0.05, 0.1) is 17.9 Å². The highest BCUT2D eigenvalue weighted by Crippen LogP contribution is 2.32. The monoisotopic (exact) mass is 394 g/mol. The number of hydrogen-bond donors (Lipinski definition) is 1. The minimum absolute atomic E-state index is 0.117. The summed E-state index contributed by atoms with van der Waals surface area (Å²) in [6, 6.07) is 8.97. The second kappa shape index (κ2) is 7.82. The van der Waals surface area contributed by atoms with Crippen molar-refractivity contribution >= 4 is 5.91 Å². The summed E-state index contributed by atoms with van der Waals surface area (Å²) in [7, 11) is 0. The van der Waals surface area contributed by atoms with Crippen LogP contribution in [0.3, 0.4) is 0 Å². The van der Waals surface area contributed by atoms with Gasteiger partial charge >= 0.3 is 0 Å². The number of benzene rings is 1. The number of nitrogens with zero attached hydrogens (tertiary/aromatic N) is 3. The molecule has 2 aliphatic heterocycles. The smallest absolute Gasteiger partial charge is 0.219 e. The number of aromatic amines is 1. The third kappa shape index (κ3) is 3.90. The van der Waals surface area contributed by atoms with Crippen molar-refractivity contribution in [3.63, 3.8) is 0 Å². The third-order valence-electron chi connectivity index (χ3n) is 6.68. The minimum Gasteiger partial charge on any atom is -0.490 e. The first-order chi connectivity index (χ1) is 14.2. The fourth-order valence-electron chi connectivity index (χ4n) is 4.80. The largest absolute Gasteiger partial charge is 0.490 e. The van der Waals surface area contributed by atoms with Crippen molar-refractivity contribution in [1.82, 2.24) is 19.8 Å². The molecular formula is C23H30N4O2. The summed E-state index contributed by atoms with van der Waals surface area (Å²) in [6.45, 7) is 5.53. The number of aromatic nitrogens is 2. The summed E-state index contributed by atoms with van der Waals surface area (Å²) in [5.74, 6) is 1.93. The number of likely N-dealkylation sites (tertiary alicyclic amines) is 1. The number of fused-ring (bicyclic) bond motifs is 1. The lowest BCUT2D eigenvalue weighted by Gasteiger charge is -2.44. The predicted octanol–water partition coefficient (Wildman–Crippen LogP) is 3.38. The maximum Gasteiger partial charge on any atom is 0.219 e. The molecule has 6 nitrogen and oxygen atoms in total. The van der Waals surface area contributed by atoms with Gasteiger partial charge in [0.15, 0.2) is 0 Å². The van der Waals surface area contributed by atoms with Gasteiger partial charge in [-0.2, -0.15) is 0 Å². The SMILES string of the molecule is CC(=O)N1CCc2nc(-c3ccc(O[C@H]4C[C@H](N5CCCCC5)C4)cc3)[nH]c2C1. The van der Waals surface area contributed by atoms with Crippen molar-refractivity contribution in [3.8, 4) is 17.1 Å². The molecular weight excluding hydrogens is 364 g/mol. The van der Waals surface area contributed by atoms with E-state index in [1.54, 1.807) is 6.92 Å². The molecule has 5 rings (SSSR count). The number of carbonyl (C=O) groups is 1. The van der Waals surface area contributed by atoms with Gasteiger partial charge in [0.2, 0.25) is 5.91 Å². The zero-order valence-corrected chi connectivity index (χ0v) is 17.2. The van der Waals surface area contributed by atoms with Gasteiger partial charge in [-0.3, -0.25) is 4.79 Å². The van der Waals surface area contributed by atoms with E-state index < -0.39 is 0 Å². The molecule has 2 aromatic rings. The van der Waals surface area contributed by atoms with Crippen molar-refractivity contribution in [1.29, 1.82) is 0 Å². The molecule has 2 fully saturated rings. The lowest BCUT2D eigenvalue weighted by molar-refractivity contribution is -0.129. The van der Waals surface area contributed by atoms with Crippen molar-refractivity contribution in [3.05, 3.63) is 35.7 Å². The Morgan fingerprint density at radius 3 is 2.59 bits per heavy atom. The molecule has 6 heteroatoms. The van der Waals surface area contributed by atoms with Gasteiger partial charge in [-0.15, -0.1) is 0 Å². The highest BCUT2D eigenvalue weighted by Gasteiger charge is 2.35. The van der Waals surface area contributed by atoms with Crippen molar-refractivity contribution in [2.24, 2.45) is 0 Å². The number of nitrogens with one attached hydrogen (secondary N) is 1. The average molecular weight is 395 g/mol. The van der Waals surface area contributed by atoms with Gasteiger partial charge in [-0.25, -0.2) is 4.98 Å². The summed E-state index contributed by atoms with van der Waals surface area (Å²) in [5, 5.41) is 0. The zero-order valence-electron chi connectivity index (χ0n) is 17.2. The third-order valence-corrected chi connectivity index (χ3v) is 6.68. The molecule has 0 atom stereocenters. The van der Waals surface area contributed by atoms with Crippen LogP contribution in [0.1, 0.15) is 50.4 Å². The Hall–Kier alpha value is -2.34. The van der Waals surface area contributed by atoms with Crippen LogP contribution >= 0.6 is 0 Å². The van der Waals surface area contributed by atoms with E-state index in [4.69, 9.17) is 9.72 Å². The van der Waals surface area contributed by atoms with Crippen LogP contribution in [0.15, 0.2) is 24.3 Å². The quantitative estimate of drug-likeness (QED) is 0.864. The first-order valence-electron chi connectivity index (χ1n) is 11.0. The van der Waals surface area contributed by atoms with Crippen LogP contribution in [-0.2, 0) is 17.8 Å². The average Bonchev–Trinajstić information content (AvgIpc) is 3.15. The molecule has 0 bridgehead atoms. The zero-order chi connectivity index (χ0) is 19.8. The van der Waals surface area contributed by atoms with Crippen molar-refractivity contribution < 1.29 is 9.53 Å². The molecule has 1 N–H and O–H groups in total. The van der Waals surface area contributed by atoms with E-state index in [9.17, 15) is 4.79 Å². The Kier molecular flexibility index (Phi) is 5.04. The lowest BCUT2D eigenvalue weighted by atomic mass is 9.86. The van der Waals surface area contributed by atoms with Crippen LogP contribution in [0.5, 0.6) is 5.75 Å². The van der Waals surface area contributed by atoms with Crippen LogP contribution in [0.2, 0.25) is 0 Å². The van der Waals surface area contributed by atoms with E-state index in [1.165, 1.54) is 32.4 Å². The van der Waals surface area contributed by atoms with Gasteiger partial charge in [0.1, 0.15) is 17.7 Å². The summed E-state index contributed by atoms with van der Waals surface area (Å²) in [5.41, 5.74) is 3.19. The Bertz CT molecular complexity index is 864. The van der Waals surface area contributed by atoms with Gasteiger partial charge in [-0.1, -0.05) is 6.42 Å². The number of imidazole rings is 1. The van der Waals surface area contributed by atoms with E-state index in [1.807, 2.05) is 17.0 Å². The fraction of sp³-hybridized carbons (Fsp3) is 0.565. The van der Waals surface area contributed by atoms with Crippen LogP contribution in [0.4, 0.5) is 0 Å². The highest BCUT2D eigenvalue weighted by molar-refractivity contribution is 5.73. The molecule has 0 radical (unpaired) electrons. The normalized spacial score (nSPS) is 24.7. The van der Waals surface area contributed by atoms with Crippen LogP contribution in [-0.4, -0.2) is 57.5 Å². The van der Waals surface area contributed by atoms with Gasteiger partial charge in [-0.05, 0) is 50.2 Å². The van der Waals surface area contributed by atoms with E-state index in [0.717, 1.165) is 60.4 Å². The fourth-order valence-corrected chi connectivity index (χ4v) is 4.80. The molecule has 154 valence electrons. The maximum atomic E-state index is 11.6. The van der Waals surface area contributed by atoms with E-state index in [2.05, 4.69) is 22.0 Å². The summed E-state index contributed by atoms with van der Waals surface area (Å²) >= 11 is 0. The van der Waals surface area contributed by atoms with Crippen LogP contribution in [0.25, 0.3) is 11.4 Å². The number of hydrogen-bond acceptors (Lipinski definition) is 4. The van der Waals surface area contributed by atoms with Gasteiger partial charge < -0.3 is 19.5 Å². The molecule has 0 spiro atoms. The first kappa shape index (κ1) is 18.7. The first-order valence-corrected chi connectivity index (χ1v) is 11.0.